The average Bonchev–Trinajstić information content (AvgIpc) is 3.22. The highest BCUT2D eigenvalue weighted by Gasteiger charge is 2.45. The van der Waals surface area contributed by atoms with Gasteiger partial charge < -0.3 is 14.2 Å². The molecule has 1 saturated carbocycles. The maximum Gasteiger partial charge on any atom is 0.0704 e. The van der Waals surface area contributed by atoms with Crippen LogP contribution in [-0.2, 0) is 14.2 Å². The minimum absolute atomic E-state index is 0.382. The van der Waals surface area contributed by atoms with Gasteiger partial charge in [-0.15, -0.1) is 0 Å². The SMILES string of the molecule is C[C@H]1COCCOCCOC2CCC3NNC(C4CNN1C4)C3C2. The number of hydrogen-bond acceptors (Lipinski definition) is 7. The molecule has 3 heterocycles. The van der Waals surface area contributed by atoms with Crippen LogP contribution in [0.2, 0.25) is 0 Å². The second-order valence-electron chi connectivity index (χ2n) is 7.70. The van der Waals surface area contributed by atoms with Crippen LogP contribution in [0.4, 0.5) is 0 Å². The predicted octanol–water partition coefficient (Wildman–Crippen LogP) is -0.112. The van der Waals surface area contributed by atoms with E-state index in [1.807, 2.05) is 0 Å². The van der Waals surface area contributed by atoms with E-state index in [4.69, 9.17) is 14.2 Å². The molecule has 0 spiro atoms. The molecule has 6 unspecified atom stereocenters. The summed E-state index contributed by atoms with van der Waals surface area (Å²) < 4.78 is 17.5. The zero-order valence-electron chi connectivity index (χ0n) is 14.7. The van der Waals surface area contributed by atoms with E-state index >= 15 is 0 Å². The fourth-order valence-electron chi connectivity index (χ4n) is 4.70. The van der Waals surface area contributed by atoms with Crippen LogP contribution in [0.5, 0.6) is 0 Å². The Bertz CT molecular complexity index is 413. The van der Waals surface area contributed by atoms with Crippen LogP contribution in [0, 0.1) is 11.8 Å². The van der Waals surface area contributed by atoms with Gasteiger partial charge in [0.15, 0.2) is 0 Å². The molecule has 4 bridgehead atoms. The summed E-state index contributed by atoms with van der Waals surface area (Å²) in [5.74, 6) is 1.29. The summed E-state index contributed by atoms with van der Waals surface area (Å²) in [5, 5.41) is 2.35. The van der Waals surface area contributed by atoms with Crippen molar-refractivity contribution >= 4 is 0 Å². The van der Waals surface area contributed by atoms with Crippen LogP contribution in [0.25, 0.3) is 0 Å². The normalized spacial score (nSPS) is 47.6. The maximum atomic E-state index is 6.09. The van der Waals surface area contributed by atoms with E-state index < -0.39 is 0 Å². The zero-order valence-corrected chi connectivity index (χ0v) is 14.7. The van der Waals surface area contributed by atoms with Gasteiger partial charge in [-0.2, -0.15) is 0 Å². The van der Waals surface area contributed by atoms with Crippen molar-refractivity contribution in [1.82, 2.24) is 21.3 Å². The largest absolute Gasteiger partial charge is 0.377 e. The number of fused-ring (bicyclic) bond motifs is 4. The molecule has 138 valence electrons. The summed E-state index contributed by atoms with van der Waals surface area (Å²) in [6, 6.07) is 1.51. The summed E-state index contributed by atoms with van der Waals surface area (Å²) in [5.41, 5.74) is 10.7. The van der Waals surface area contributed by atoms with Crippen LogP contribution in [0.3, 0.4) is 0 Å². The molecular weight excluding hydrogens is 308 g/mol. The Kier molecular flexibility index (Phi) is 5.68. The van der Waals surface area contributed by atoms with Crippen molar-refractivity contribution < 1.29 is 14.2 Å². The number of ether oxygens (including phenoxy) is 3. The molecule has 3 aliphatic heterocycles. The van der Waals surface area contributed by atoms with Crippen LogP contribution >= 0.6 is 0 Å². The third-order valence-electron chi connectivity index (χ3n) is 6.09. The third kappa shape index (κ3) is 3.77. The zero-order chi connectivity index (χ0) is 16.4. The first-order valence-electron chi connectivity index (χ1n) is 9.59. The number of nitrogens with one attached hydrogen (secondary N) is 3. The molecule has 0 aromatic carbocycles. The first-order valence-corrected chi connectivity index (χ1v) is 9.59. The van der Waals surface area contributed by atoms with Crippen molar-refractivity contribution in [3.05, 3.63) is 0 Å². The molecule has 7 nitrogen and oxygen atoms in total. The molecule has 3 saturated heterocycles. The Morgan fingerprint density at radius 3 is 2.83 bits per heavy atom. The van der Waals surface area contributed by atoms with Gasteiger partial charge in [-0.1, -0.05) is 0 Å². The van der Waals surface area contributed by atoms with Gasteiger partial charge in [-0.05, 0) is 32.1 Å². The molecule has 0 aromatic rings. The third-order valence-corrected chi connectivity index (χ3v) is 6.09. The van der Waals surface area contributed by atoms with Crippen LogP contribution in [0.15, 0.2) is 0 Å². The second-order valence-corrected chi connectivity index (χ2v) is 7.70. The molecule has 7 heteroatoms. The van der Waals surface area contributed by atoms with Gasteiger partial charge in [0.05, 0.1) is 39.1 Å². The molecule has 4 aliphatic rings. The Morgan fingerprint density at radius 1 is 1.00 bits per heavy atom. The summed E-state index contributed by atoms with van der Waals surface area (Å²) in [4.78, 5) is 0. The van der Waals surface area contributed by atoms with E-state index in [0.29, 0.717) is 62.5 Å². The van der Waals surface area contributed by atoms with Gasteiger partial charge in [0.25, 0.3) is 0 Å². The lowest BCUT2D eigenvalue weighted by atomic mass is 9.76. The van der Waals surface area contributed by atoms with E-state index in [9.17, 15) is 0 Å². The summed E-state index contributed by atoms with van der Waals surface area (Å²) >= 11 is 0. The van der Waals surface area contributed by atoms with Gasteiger partial charge in [0.1, 0.15) is 0 Å². The smallest absolute Gasteiger partial charge is 0.0704 e. The summed E-state index contributed by atoms with van der Waals surface area (Å²) in [6.45, 7) is 7.76. The maximum absolute atomic E-state index is 6.09. The van der Waals surface area contributed by atoms with Crippen molar-refractivity contribution in [2.24, 2.45) is 11.8 Å². The van der Waals surface area contributed by atoms with Crippen molar-refractivity contribution in [2.45, 2.75) is 50.4 Å². The highest BCUT2D eigenvalue weighted by Crippen LogP contribution is 2.35. The molecule has 4 rings (SSSR count). The van der Waals surface area contributed by atoms with E-state index in [-0.39, 0.29) is 0 Å². The van der Waals surface area contributed by atoms with Gasteiger partial charge >= 0.3 is 0 Å². The minimum Gasteiger partial charge on any atom is -0.377 e. The summed E-state index contributed by atoms with van der Waals surface area (Å²) in [6.07, 6.45) is 3.89. The molecule has 4 fully saturated rings. The van der Waals surface area contributed by atoms with E-state index in [2.05, 4.69) is 28.2 Å². The fraction of sp³-hybridized carbons (Fsp3) is 1.00. The second kappa shape index (κ2) is 7.95. The Balaban J connectivity index is 1.43. The van der Waals surface area contributed by atoms with E-state index in [1.165, 1.54) is 6.42 Å². The lowest BCUT2D eigenvalue weighted by Gasteiger charge is -2.35. The number of hydrogen-bond donors (Lipinski definition) is 3. The Hall–Kier alpha value is -0.280. The Labute approximate surface area is 144 Å². The standard InChI is InChI=1S/C17H32N4O3/c1-12-11-23-5-4-22-6-7-24-14-2-3-16-15(8-14)17(20-19-16)13-9-18-21(12)10-13/h12-20H,2-11H2,1H3/t12-,13?,14?,15?,16?,17?/m0/s1. The molecule has 0 amide bonds. The topological polar surface area (TPSA) is 67.0 Å². The fourth-order valence-corrected chi connectivity index (χ4v) is 4.70. The quantitative estimate of drug-likeness (QED) is 0.568. The van der Waals surface area contributed by atoms with Gasteiger partial charge in [-0.25, -0.2) is 5.01 Å². The van der Waals surface area contributed by atoms with Crippen LogP contribution in [0.1, 0.15) is 26.2 Å². The highest BCUT2D eigenvalue weighted by atomic mass is 16.5. The first-order chi connectivity index (χ1) is 11.8. The number of rotatable bonds is 0. The molecule has 3 N–H and O–H groups in total. The van der Waals surface area contributed by atoms with Crippen LogP contribution in [-0.4, -0.2) is 75.4 Å². The molecule has 1 aliphatic carbocycles. The number of nitrogens with zero attached hydrogens (tertiary/aromatic N) is 1. The molecule has 0 radical (unpaired) electrons. The number of hydrazine groups is 2. The van der Waals surface area contributed by atoms with Gasteiger partial charge in [-0.3, -0.25) is 16.3 Å². The van der Waals surface area contributed by atoms with Crippen molar-refractivity contribution in [3.8, 4) is 0 Å². The van der Waals surface area contributed by atoms with Gasteiger partial charge in [0, 0.05) is 37.1 Å². The average molecular weight is 340 g/mol. The first kappa shape index (κ1) is 17.1. The van der Waals surface area contributed by atoms with E-state index in [1.54, 1.807) is 0 Å². The lowest BCUT2D eigenvalue weighted by Crippen LogP contribution is -2.43. The van der Waals surface area contributed by atoms with Crippen molar-refractivity contribution in [1.29, 1.82) is 0 Å². The molecule has 0 aromatic heterocycles. The van der Waals surface area contributed by atoms with Crippen molar-refractivity contribution in [2.75, 3.05) is 46.1 Å². The Morgan fingerprint density at radius 2 is 1.88 bits per heavy atom. The monoisotopic (exact) mass is 340 g/mol. The minimum atomic E-state index is 0.382. The molecule has 7 atom stereocenters. The van der Waals surface area contributed by atoms with E-state index in [0.717, 1.165) is 32.5 Å². The van der Waals surface area contributed by atoms with Gasteiger partial charge in [0.2, 0.25) is 0 Å². The lowest BCUT2D eigenvalue weighted by molar-refractivity contribution is -0.0376. The highest BCUT2D eigenvalue weighted by molar-refractivity contribution is 5.00. The summed E-state index contributed by atoms with van der Waals surface area (Å²) in [7, 11) is 0. The van der Waals surface area contributed by atoms with Crippen LogP contribution < -0.4 is 16.3 Å². The van der Waals surface area contributed by atoms with Crippen molar-refractivity contribution in [3.63, 3.8) is 0 Å². The molecular formula is C17H32N4O3. The molecule has 24 heavy (non-hydrogen) atoms. The predicted molar refractivity (Wildman–Crippen MR) is 90.2 cm³/mol.